The van der Waals surface area contributed by atoms with E-state index < -0.39 is 33.6 Å². The molecule has 214 valence electrons. The smallest absolute Gasteiger partial charge is 0.244 e. The Morgan fingerprint density at radius 1 is 1.03 bits per heavy atom. The number of amides is 1. The van der Waals surface area contributed by atoms with Gasteiger partial charge in [-0.3, -0.25) is 4.79 Å². The zero-order valence-electron chi connectivity index (χ0n) is 22.4. The van der Waals surface area contributed by atoms with Crippen LogP contribution in [0.2, 0.25) is 10.0 Å². The van der Waals surface area contributed by atoms with Crippen molar-refractivity contribution in [2.45, 2.75) is 55.7 Å². The molecule has 9 nitrogen and oxygen atoms in total. The molecule has 0 aromatic heterocycles. The SMILES string of the molecule is COc1ccc(OCCN2C[C@H](C(C)(C)O)[C@H]3CCC[C@@H](C2=O)N3S(=O)(=O)c2cc(Cl)cc(Cl)c2)cc1OC. The molecule has 2 saturated heterocycles. The van der Waals surface area contributed by atoms with E-state index >= 15 is 0 Å². The van der Waals surface area contributed by atoms with Crippen LogP contribution in [0.4, 0.5) is 0 Å². The molecule has 1 amide bonds. The van der Waals surface area contributed by atoms with E-state index in [1.165, 1.54) is 29.6 Å². The molecule has 12 heteroatoms. The molecule has 1 N–H and O–H groups in total. The lowest BCUT2D eigenvalue weighted by molar-refractivity contribution is -0.135. The van der Waals surface area contributed by atoms with Crippen LogP contribution in [-0.2, 0) is 14.8 Å². The lowest BCUT2D eigenvalue weighted by Gasteiger charge is -2.43. The third kappa shape index (κ3) is 6.25. The van der Waals surface area contributed by atoms with Crippen molar-refractivity contribution in [1.29, 1.82) is 0 Å². The summed E-state index contributed by atoms with van der Waals surface area (Å²) in [6.07, 6.45) is 1.54. The van der Waals surface area contributed by atoms with E-state index in [9.17, 15) is 18.3 Å². The first-order chi connectivity index (χ1) is 18.4. The Bertz CT molecular complexity index is 1300. The Labute approximate surface area is 239 Å². The lowest BCUT2D eigenvalue weighted by atomic mass is 9.80. The summed E-state index contributed by atoms with van der Waals surface area (Å²) >= 11 is 12.3. The van der Waals surface area contributed by atoms with Crippen molar-refractivity contribution >= 4 is 39.1 Å². The van der Waals surface area contributed by atoms with Crippen molar-refractivity contribution in [3.63, 3.8) is 0 Å². The fraction of sp³-hybridized carbons (Fsp3) is 0.519. The van der Waals surface area contributed by atoms with Crippen LogP contribution in [0.25, 0.3) is 0 Å². The highest BCUT2D eigenvalue weighted by molar-refractivity contribution is 7.89. The number of carbonyl (C=O) groups is 1. The van der Waals surface area contributed by atoms with Crippen LogP contribution in [0.1, 0.15) is 33.1 Å². The van der Waals surface area contributed by atoms with Crippen LogP contribution in [-0.4, -0.2) is 80.2 Å². The maximum Gasteiger partial charge on any atom is 0.244 e. The maximum absolute atomic E-state index is 14.0. The molecule has 39 heavy (non-hydrogen) atoms. The molecule has 0 spiro atoms. The molecule has 2 heterocycles. The van der Waals surface area contributed by atoms with E-state index in [2.05, 4.69) is 0 Å². The van der Waals surface area contributed by atoms with Gasteiger partial charge in [0.25, 0.3) is 0 Å². The van der Waals surface area contributed by atoms with E-state index in [1.54, 1.807) is 44.1 Å². The molecule has 0 aliphatic carbocycles. The first kappa shape index (κ1) is 29.7. The highest BCUT2D eigenvalue weighted by atomic mass is 35.5. The van der Waals surface area contributed by atoms with Crippen LogP contribution in [0.5, 0.6) is 17.2 Å². The van der Waals surface area contributed by atoms with Gasteiger partial charge in [-0.25, -0.2) is 8.42 Å². The van der Waals surface area contributed by atoms with E-state index in [-0.39, 0.29) is 40.5 Å². The largest absolute Gasteiger partial charge is 0.493 e. The molecule has 0 unspecified atom stereocenters. The zero-order valence-corrected chi connectivity index (χ0v) is 24.7. The normalized spacial score (nSPS) is 22.4. The molecule has 2 aromatic rings. The van der Waals surface area contributed by atoms with Gasteiger partial charge in [-0.2, -0.15) is 4.31 Å². The molecular weight excluding hydrogens is 567 g/mol. The lowest BCUT2D eigenvalue weighted by Crippen LogP contribution is -2.57. The average Bonchev–Trinajstić information content (AvgIpc) is 2.94. The van der Waals surface area contributed by atoms with Gasteiger partial charge in [-0.05, 0) is 63.4 Å². The van der Waals surface area contributed by atoms with E-state index in [1.807, 2.05) is 0 Å². The van der Waals surface area contributed by atoms with E-state index in [0.717, 1.165) is 0 Å². The number of benzene rings is 2. The number of nitrogens with zero attached hydrogens (tertiary/aromatic N) is 2. The van der Waals surface area contributed by atoms with Gasteiger partial charge in [-0.15, -0.1) is 0 Å². The van der Waals surface area contributed by atoms with Crippen LogP contribution < -0.4 is 14.2 Å². The number of carbonyl (C=O) groups excluding carboxylic acids is 1. The van der Waals surface area contributed by atoms with Gasteiger partial charge >= 0.3 is 0 Å². The first-order valence-electron chi connectivity index (χ1n) is 12.7. The van der Waals surface area contributed by atoms with Crippen molar-refractivity contribution in [1.82, 2.24) is 9.21 Å². The number of fused-ring (bicyclic) bond motifs is 2. The minimum absolute atomic E-state index is 0.0792. The molecule has 4 rings (SSSR count). The second kappa shape index (κ2) is 11.7. The summed E-state index contributed by atoms with van der Waals surface area (Å²) in [4.78, 5) is 15.4. The fourth-order valence-corrected chi connectivity index (χ4v) is 8.09. The Balaban J connectivity index is 1.63. The first-order valence-corrected chi connectivity index (χ1v) is 14.9. The number of ether oxygens (including phenoxy) is 3. The third-order valence-corrected chi connectivity index (χ3v) is 9.74. The molecular formula is C27H34Cl2N2O7S. The van der Waals surface area contributed by atoms with Crippen LogP contribution in [0, 0.1) is 5.92 Å². The molecule has 2 bridgehead atoms. The second-order valence-electron chi connectivity index (χ2n) is 10.4. The molecule has 3 atom stereocenters. The van der Waals surface area contributed by atoms with Gasteiger partial charge in [0.05, 0.1) is 31.3 Å². The van der Waals surface area contributed by atoms with Gasteiger partial charge in [0, 0.05) is 34.6 Å². The van der Waals surface area contributed by atoms with Crippen molar-refractivity contribution < 1.29 is 32.5 Å². The summed E-state index contributed by atoms with van der Waals surface area (Å²) in [5.74, 6) is 0.750. The van der Waals surface area contributed by atoms with Crippen LogP contribution >= 0.6 is 23.2 Å². The van der Waals surface area contributed by atoms with Gasteiger partial charge in [0.15, 0.2) is 11.5 Å². The van der Waals surface area contributed by atoms with Crippen LogP contribution in [0.15, 0.2) is 41.3 Å². The molecule has 2 aliphatic heterocycles. The number of methoxy groups -OCH3 is 2. The Morgan fingerprint density at radius 2 is 1.69 bits per heavy atom. The summed E-state index contributed by atoms with van der Waals surface area (Å²) in [5, 5.41) is 11.5. The van der Waals surface area contributed by atoms with Gasteiger partial charge < -0.3 is 24.2 Å². The second-order valence-corrected chi connectivity index (χ2v) is 13.1. The van der Waals surface area contributed by atoms with Gasteiger partial charge in [-0.1, -0.05) is 23.2 Å². The minimum Gasteiger partial charge on any atom is -0.493 e. The maximum atomic E-state index is 14.0. The summed E-state index contributed by atoms with van der Waals surface area (Å²) in [5.41, 5.74) is -1.26. The van der Waals surface area contributed by atoms with Crippen LogP contribution in [0.3, 0.4) is 0 Å². The van der Waals surface area contributed by atoms with Crippen molar-refractivity contribution in [2.24, 2.45) is 5.92 Å². The summed E-state index contributed by atoms with van der Waals surface area (Å²) in [6, 6.07) is 7.78. The Hall–Kier alpha value is -2.24. The molecule has 2 aliphatic rings. The summed E-state index contributed by atoms with van der Waals surface area (Å²) in [6.45, 7) is 3.85. The molecule has 0 radical (unpaired) electrons. The number of aliphatic hydroxyl groups is 1. The number of piperidine rings is 1. The highest BCUT2D eigenvalue weighted by Gasteiger charge is 2.53. The molecule has 2 aromatic carbocycles. The minimum atomic E-state index is -4.17. The summed E-state index contributed by atoms with van der Waals surface area (Å²) in [7, 11) is -1.09. The molecule has 0 saturated carbocycles. The zero-order chi connectivity index (χ0) is 28.5. The monoisotopic (exact) mass is 600 g/mol. The Morgan fingerprint density at radius 3 is 2.31 bits per heavy atom. The number of hydrogen-bond acceptors (Lipinski definition) is 7. The van der Waals surface area contributed by atoms with E-state index in [0.29, 0.717) is 36.5 Å². The quantitative estimate of drug-likeness (QED) is 0.459. The number of sulfonamides is 1. The predicted octanol–water partition coefficient (Wildman–Crippen LogP) is 4.23. The van der Waals surface area contributed by atoms with Gasteiger partial charge in [0.2, 0.25) is 15.9 Å². The van der Waals surface area contributed by atoms with Crippen molar-refractivity contribution in [2.75, 3.05) is 33.9 Å². The standard InChI is InChI=1S/C27H34Cl2N2O7S/c1-27(2,33)21-16-30(10-11-38-19-8-9-24(36-3)25(15-19)37-4)26(32)23-7-5-6-22(21)31(23)39(34,35)20-13-17(28)12-18(29)14-20/h8-9,12-15,21-23,33H,5-7,10-11,16H2,1-4H3/t21-,22+,23-/m0/s1. The average molecular weight is 602 g/mol. The number of halogens is 2. The fourth-order valence-electron chi connectivity index (χ4n) is 5.50. The predicted molar refractivity (Wildman–Crippen MR) is 148 cm³/mol. The topological polar surface area (TPSA) is 106 Å². The number of hydrogen-bond donors (Lipinski definition) is 1. The summed E-state index contributed by atoms with van der Waals surface area (Å²) < 4.78 is 45.8. The molecule has 2 fully saturated rings. The van der Waals surface area contributed by atoms with Crippen molar-refractivity contribution in [3.8, 4) is 17.2 Å². The van der Waals surface area contributed by atoms with Crippen molar-refractivity contribution in [3.05, 3.63) is 46.4 Å². The van der Waals surface area contributed by atoms with Gasteiger partial charge in [0.1, 0.15) is 18.4 Å². The third-order valence-electron chi connectivity index (χ3n) is 7.39. The highest BCUT2D eigenvalue weighted by Crippen LogP contribution is 2.41. The Kier molecular flexibility index (Phi) is 8.92. The van der Waals surface area contributed by atoms with E-state index in [4.69, 9.17) is 37.4 Å². The number of rotatable bonds is 9.